The number of halogens is 5. The lowest BCUT2D eigenvalue weighted by molar-refractivity contribution is -0.284. The standard InChI is InChI=1S/C16H27F5O2/c1-3-4-5-6-7-8-10-14(2,13(22)23)11-9-12-15(17,18)16(19,20)21/h3-12H2,1-2H3,(H,22,23). The van der Waals surface area contributed by atoms with Crippen LogP contribution in [0.4, 0.5) is 22.0 Å². The van der Waals surface area contributed by atoms with Crippen molar-refractivity contribution in [1.82, 2.24) is 0 Å². The van der Waals surface area contributed by atoms with Crippen LogP contribution in [-0.4, -0.2) is 23.2 Å². The lowest BCUT2D eigenvalue weighted by Gasteiger charge is -2.26. The van der Waals surface area contributed by atoms with Gasteiger partial charge < -0.3 is 5.11 Å². The quantitative estimate of drug-likeness (QED) is 0.338. The number of hydrogen-bond donors (Lipinski definition) is 1. The Labute approximate surface area is 134 Å². The molecule has 0 spiro atoms. The summed E-state index contributed by atoms with van der Waals surface area (Å²) in [6.07, 6.45) is -1.54. The molecule has 1 unspecified atom stereocenters. The Kier molecular flexibility index (Phi) is 9.06. The third kappa shape index (κ3) is 7.97. The summed E-state index contributed by atoms with van der Waals surface area (Å²) in [5.74, 6) is -5.89. The van der Waals surface area contributed by atoms with Gasteiger partial charge in [0, 0.05) is 6.42 Å². The lowest BCUT2D eigenvalue weighted by atomic mass is 9.79. The first-order valence-electron chi connectivity index (χ1n) is 8.14. The molecule has 0 bridgehead atoms. The molecule has 2 nitrogen and oxygen atoms in total. The van der Waals surface area contributed by atoms with E-state index in [-0.39, 0.29) is 6.42 Å². The van der Waals surface area contributed by atoms with E-state index in [0.29, 0.717) is 12.8 Å². The number of aliphatic carboxylic acids is 1. The fourth-order valence-corrected chi connectivity index (χ4v) is 2.48. The summed E-state index contributed by atoms with van der Waals surface area (Å²) in [6.45, 7) is 3.51. The van der Waals surface area contributed by atoms with Crippen molar-refractivity contribution >= 4 is 5.97 Å². The molecule has 0 saturated carbocycles. The maximum atomic E-state index is 12.9. The van der Waals surface area contributed by atoms with Gasteiger partial charge in [-0.05, 0) is 26.2 Å². The van der Waals surface area contributed by atoms with Crippen LogP contribution in [0.1, 0.15) is 78.1 Å². The van der Waals surface area contributed by atoms with Crippen molar-refractivity contribution in [2.45, 2.75) is 90.2 Å². The van der Waals surface area contributed by atoms with Crippen molar-refractivity contribution in [2.75, 3.05) is 0 Å². The average Bonchev–Trinajstić information content (AvgIpc) is 2.41. The highest BCUT2D eigenvalue weighted by Gasteiger charge is 2.56. The number of unbranched alkanes of at least 4 members (excludes halogenated alkanes) is 5. The summed E-state index contributed by atoms with van der Waals surface area (Å²) in [5.41, 5.74) is -1.24. The number of carbonyl (C=O) groups is 1. The van der Waals surface area contributed by atoms with Crippen LogP contribution in [0.3, 0.4) is 0 Å². The highest BCUT2D eigenvalue weighted by molar-refractivity contribution is 5.74. The number of hydrogen-bond acceptors (Lipinski definition) is 1. The van der Waals surface area contributed by atoms with Crippen LogP contribution in [-0.2, 0) is 4.79 Å². The molecular formula is C16H27F5O2. The van der Waals surface area contributed by atoms with Gasteiger partial charge in [-0.1, -0.05) is 45.4 Å². The van der Waals surface area contributed by atoms with E-state index in [9.17, 15) is 31.9 Å². The molecule has 0 aromatic rings. The third-order valence-corrected chi connectivity index (χ3v) is 4.23. The highest BCUT2D eigenvalue weighted by atomic mass is 19.4. The van der Waals surface area contributed by atoms with Crippen LogP contribution in [0.5, 0.6) is 0 Å². The molecular weight excluding hydrogens is 319 g/mol. The van der Waals surface area contributed by atoms with E-state index in [1.54, 1.807) is 0 Å². The molecule has 7 heteroatoms. The van der Waals surface area contributed by atoms with E-state index < -0.39 is 36.3 Å². The van der Waals surface area contributed by atoms with E-state index in [1.165, 1.54) is 6.92 Å². The van der Waals surface area contributed by atoms with E-state index in [4.69, 9.17) is 0 Å². The molecule has 0 amide bonds. The fourth-order valence-electron chi connectivity index (χ4n) is 2.48. The van der Waals surface area contributed by atoms with Crippen molar-refractivity contribution in [3.05, 3.63) is 0 Å². The Morgan fingerprint density at radius 1 is 0.826 bits per heavy atom. The largest absolute Gasteiger partial charge is 0.481 e. The molecule has 1 atom stereocenters. The normalized spacial score (nSPS) is 15.4. The minimum Gasteiger partial charge on any atom is -0.481 e. The van der Waals surface area contributed by atoms with Crippen LogP contribution in [0, 0.1) is 5.41 Å². The topological polar surface area (TPSA) is 37.3 Å². The Hall–Kier alpha value is -0.880. The summed E-state index contributed by atoms with van der Waals surface area (Å²) in [7, 11) is 0. The molecule has 0 rings (SSSR count). The van der Waals surface area contributed by atoms with Crippen molar-refractivity contribution in [3.63, 3.8) is 0 Å². The van der Waals surface area contributed by atoms with Crippen LogP contribution in [0.15, 0.2) is 0 Å². The smallest absolute Gasteiger partial charge is 0.453 e. The van der Waals surface area contributed by atoms with E-state index >= 15 is 0 Å². The summed E-state index contributed by atoms with van der Waals surface area (Å²) < 4.78 is 62.0. The zero-order chi connectivity index (χ0) is 18.1. The number of carboxylic acids is 1. The maximum Gasteiger partial charge on any atom is 0.453 e. The average molecular weight is 346 g/mol. The number of rotatable bonds is 12. The van der Waals surface area contributed by atoms with Gasteiger partial charge in [0.15, 0.2) is 0 Å². The predicted molar refractivity (Wildman–Crippen MR) is 78.6 cm³/mol. The molecule has 0 aliphatic carbocycles. The zero-order valence-corrected chi connectivity index (χ0v) is 13.8. The van der Waals surface area contributed by atoms with Gasteiger partial charge in [0.05, 0.1) is 5.41 Å². The van der Waals surface area contributed by atoms with E-state index in [0.717, 1.165) is 32.1 Å². The number of carboxylic acid groups (broad SMARTS) is 1. The Bertz CT molecular complexity index is 355. The maximum absolute atomic E-state index is 12.9. The van der Waals surface area contributed by atoms with Crippen molar-refractivity contribution in [2.24, 2.45) is 5.41 Å². The van der Waals surface area contributed by atoms with Gasteiger partial charge in [0.25, 0.3) is 0 Å². The van der Waals surface area contributed by atoms with Crippen molar-refractivity contribution < 1.29 is 31.9 Å². The molecule has 0 fully saturated rings. The van der Waals surface area contributed by atoms with Crippen molar-refractivity contribution in [3.8, 4) is 0 Å². The van der Waals surface area contributed by atoms with Crippen LogP contribution < -0.4 is 0 Å². The summed E-state index contributed by atoms with van der Waals surface area (Å²) in [4.78, 5) is 11.3. The number of alkyl halides is 5. The third-order valence-electron chi connectivity index (χ3n) is 4.23. The molecule has 0 aliphatic rings. The molecule has 0 aromatic carbocycles. The molecule has 0 heterocycles. The van der Waals surface area contributed by atoms with Crippen molar-refractivity contribution in [1.29, 1.82) is 0 Å². The molecule has 23 heavy (non-hydrogen) atoms. The Morgan fingerprint density at radius 2 is 1.30 bits per heavy atom. The molecule has 1 N–H and O–H groups in total. The first-order chi connectivity index (χ1) is 10.5. The SMILES string of the molecule is CCCCCCCCC(C)(CCCC(F)(F)C(F)(F)F)C(=O)O. The Morgan fingerprint density at radius 3 is 1.78 bits per heavy atom. The molecule has 138 valence electrons. The first-order valence-corrected chi connectivity index (χ1v) is 8.14. The fraction of sp³-hybridized carbons (Fsp3) is 0.938. The molecule has 0 aliphatic heterocycles. The van der Waals surface area contributed by atoms with Gasteiger partial charge in [-0.2, -0.15) is 22.0 Å². The van der Waals surface area contributed by atoms with Gasteiger partial charge in [-0.25, -0.2) is 0 Å². The summed E-state index contributed by atoms with van der Waals surface area (Å²) in [6, 6.07) is 0. The highest BCUT2D eigenvalue weighted by Crippen LogP contribution is 2.41. The van der Waals surface area contributed by atoms with E-state index in [2.05, 4.69) is 6.92 Å². The summed E-state index contributed by atoms with van der Waals surface area (Å²) in [5, 5.41) is 9.25. The minimum absolute atomic E-state index is 0.178. The minimum atomic E-state index is -5.58. The van der Waals surface area contributed by atoms with Crippen LogP contribution >= 0.6 is 0 Å². The van der Waals surface area contributed by atoms with Gasteiger partial charge in [-0.3, -0.25) is 4.79 Å². The molecule has 0 aromatic heterocycles. The van der Waals surface area contributed by atoms with Gasteiger partial charge >= 0.3 is 18.1 Å². The summed E-state index contributed by atoms with van der Waals surface area (Å²) >= 11 is 0. The van der Waals surface area contributed by atoms with E-state index in [1.807, 2.05) is 0 Å². The second-order valence-electron chi connectivity index (χ2n) is 6.44. The molecule has 0 saturated heterocycles. The van der Waals surface area contributed by atoms with Crippen LogP contribution in [0.2, 0.25) is 0 Å². The lowest BCUT2D eigenvalue weighted by Crippen LogP contribution is -2.37. The van der Waals surface area contributed by atoms with Gasteiger partial charge in [0.2, 0.25) is 0 Å². The second kappa shape index (κ2) is 9.42. The molecule has 0 radical (unpaired) electrons. The first kappa shape index (κ1) is 22.1. The monoisotopic (exact) mass is 346 g/mol. The predicted octanol–water partition coefficient (Wildman–Crippen LogP) is 6.20. The zero-order valence-electron chi connectivity index (χ0n) is 13.8. The Balaban J connectivity index is 4.31. The van der Waals surface area contributed by atoms with Crippen LogP contribution in [0.25, 0.3) is 0 Å². The second-order valence-corrected chi connectivity index (χ2v) is 6.44. The van der Waals surface area contributed by atoms with Gasteiger partial charge in [0.1, 0.15) is 0 Å². The van der Waals surface area contributed by atoms with Gasteiger partial charge in [-0.15, -0.1) is 0 Å².